The van der Waals surface area contributed by atoms with Gasteiger partial charge < -0.3 is 4.98 Å². The van der Waals surface area contributed by atoms with Crippen LogP contribution < -0.4 is 5.56 Å². The average molecular weight is 534 g/mol. The maximum atomic E-state index is 13.6. The molecule has 0 aliphatic carbocycles. The van der Waals surface area contributed by atoms with Gasteiger partial charge in [0.2, 0.25) is 0 Å². The average Bonchev–Trinajstić information content (AvgIpc) is 3.38. The normalized spacial score (nSPS) is 16.3. The molecule has 38 heavy (non-hydrogen) atoms. The van der Waals surface area contributed by atoms with Crippen LogP contribution in [-0.2, 0) is 12.1 Å². The van der Waals surface area contributed by atoms with Crippen LogP contribution in [0.1, 0.15) is 61.3 Å². The highest BCUT2D eigenvalue weighted by Gasteiger charge is 2.35. The third-order valence-corrected chi connectivity index (χ3v) is 8.29. The van der Waals surface area contributed by atoms with Gasteiger partial charge in [0.1, 0.15) is 6.04 Å². The Kier molecular flexibility index (Phi) is 7.40. The molecule has 200 valence electrons. The number of rotatable bonds is 7. The lowest BCUT2D eigenvalue weighted by Gasteiger charge is -2.39. The van der Waals surface area contributed by atoms with E-state index in [1.54, 1.807) is 0 Å². The number of fused-ring (bicyclic) bond motifs is 1. The van der Waals surface area contributed by atoms with Gasteiger partial charge in [-0.05, 0) is 79.3 Å². The van der Waals surface area contributed by atoms with Gasteiger partial charge in [-0.3, -0.25) is 14.6 Å². The molecule has 0 radical (unpaired) electrons. The molecule has 2 aromatic heterocycles. The lowest BCUT2D eigenvalue weighted by Crippen LogP contribution is -2.49. The minimum Gasteiger partial charge on any atom is -0.321 e. The quantitative estimate of drug-likeness (QED) is 0.366. The van der Waals surface area contributed by atoms with Crippen LogP contribution in [0.5, 0.6) is 0 Å². The van der Waals surface area contributed by atoms with Crippen molar-refractivity contribution in [2.75, 3.05) is 26.2 Å². The summed E-state index contributed by atoms with van der Waals surface area (Å²) in [5.41, 5.74) is 4.51. The fourth-order valence-corrected chi connectivity index (χ4v) is 5.59. The first-order valence-corrected chi connectivity index (χ1v) is 13.7. The van der Waals surface area contributed by atoms with Gasteiger partial charge in [-0.15, -0.1) is 5.10 Å². The van der Waals surface area contributed by atoms with Crippen molar-refractivity contribution in [2.45, 2.75) is 59.2 Å². The summed E-state index contributed by atoms with van der Waals surface area (Å²) in [6.45, 7) is 14.6. The van der Waals surface area contributed by atoms with Crippen LogP contribution in [0, 0.1) is 13.8 Å². The van der Waals surface area contributed by atoms with E-state index in [1.807, 2.05) is 35.9 Å². The van der Waals surface area contributed by atoms with Crippen LogP contribution in [0.25, 0.3) is 10.9 Å². The molecule has 4 aromatic rings. The highest BCUT2D eigenvalue weighted by Crippen LogP contribution is 2.32. The number of hydrogen-bond donors (Lipinski definition) is 1. The Hall–Kier alpha value is -3.07. The zero-order chi connectivity index (χ0) is 27.0. The molecule has 0 saturated carbocycles. The van der Waals surface area contributed by atoms with Crippen LogP contribution in [0.15, 0.2) is 47.3 Å². The van der Waals surface area contributed by atoms with Crippen molar-refractivity contribution >= 4 is 22.5 Å². The summed E-state index contributed by atoms with van der Waals surface area (Å²) < 4.78 is 1.90. The van der Waals surface area contributed by atoms with Gasteiger partial charge >= 0.3 is 0 Å². The standard InChI is InChI=1S/C29H36ClN7O/c1-6-29(4,5)37-27(32-33-34-37)26(23-17-22-16-19(2)15-20(3)25(22)31-28(23)38)36-13-11-35(12-14-36)18-21-9-7-8-10-24(21)30/h7-10,15-17,26H,6,11-14,18H2,1-5H3,(H,31,38)/t26-/m0/s1. The van der Waals surface area contributed by atoms with Crippen molar-refractivity contribution in [3.05, 3.63) is 85.9 Å². The van der Waals surface area contributed by atoms with Crippen molar-refractivity contribution in [1.82, 2.24) is 35.0 Å². The molecule has 9 heteroatoms. The number of piperazine rings is 1. The first kappa shape index (κ1) is 26.5. The Morgan fingerprint density at radius 2 is 1.82 bits per heavy atom. The molecule has 5 rings (SSSR count). The van der Waals surface area contributed by atoms with Crippen LogP contribution in [0.2, 0.25) is 5.02 Å². The lowest BCUT2D eigenvalue weighted by atomic mass is 9.98. The predicted molar refractivity (Wildman–Crippen MR) is 152 cm³/mol. The fraction of sp³-hybridized carbons (Fsp3) is 0.448. The molecule has 1 aliphatic rings. The van der Waals surface area contributed by atoms with E-state index in [2.05, 4.69) is 76.2 Å². The number of benzene rings is 2. The largest absolute Gasteiger partial charge is 0.321 e. The van der Waals surface area contributed by atoms with E-state index in [0.717, 1.165) is 71.8 Å². The molecule has 0 bridgehead atoms. The molecule has 0 spiro atoms. The topological polar surface area (TPSA) is 82.9 Å². The highest BCUT2D eigenvalue weighted by molar-refractivity contribution is 6.31. The second-order valence-electron chi connectivity index (χ2n) is 11.0. The zero-order valence-electron chi connectivity index (χ0n) is 22.8. The van der Waals surface area contributed by atoms with Gasteiger partial charge in [-0.1, -0.05) is 48.4 Å². The van der Waals surface area contributed by atoms with Crippen molar-refractivity contribution in [2.24, 2.45) is 0 Å². The van der Waals surface area contributed by atoms with E-state index in [9.17, 15) is 4.79 Å². The van der Waals surface area contributed by atoms with Gasteiger partial charge in [-0.2, -0.15) is 0 Å². The van der Waals surface area contributed by atoms with Crippen LogP contribution in [0.3, 0.4) is 0 Å². The number of aromatic nitrogens is 5. The molecule has 1 N–H and O–H groups in total. The Bertz CT molecular complexity index is 1500. The molecular weight excluding hydrogens is 498 g/mol. The van der Waals surface area contributed by atoms with Gasteiger partial charge in [0.25, 0.3) is 5.56 Å². The number of tetrazole rings is 1. The Morgan fingerprint density at radius 1 is 1.08 bits per heavy atom. The Balaban J connectivity index is 1.53. The summed E-state index contributed by atoms with van der Waals surface area (Å²) in [6.07, 6.45) is 0.857. The number of aromatic amines is 1. The van der Waals surface area contributed by atoms with Crippen LogP contribution in [0.4, 0.5) is 0 Å². The minimum absolute atomic E-state index is 0.100. The maximum absolute atomic E-state index is 13.6. The zero-order valence-corrected chi connectivity index (χ0v) is 23.6. The second kappa shape index (κ2) is 10.6. The fourth-order valence-electron chi connectivity index (χ4n) is 5.40. The summed E-state index contributed by atoms with van der Waals surface area (Å²) >= 11 is 6.43. The number of nitrogens with one attached hydrogen (secondary N) is 1. The van der Waals surface area contributed by atoms with Crippen LogP contribution >= 0.6 is 11.6 Å². The van der Waals surface area contributed by atoms with Crippen LogP contribution in [-0.4, -0.2) is 61.2 Å². The molecule has 0 amide bonds. The monoisotopic (exact) mass is 533 g/mol. The predicted octanol–water partition coefficient (Wildman–Crippen LogP) is 4.84. The first-order valence-electron chi connectivity index (χ1n) is 13.3. The minimum atomic E-state index is -0.368. The molecule has 2 aromatic carbocycles. The molecule has 1 atom stereocenters. The molecule has 1 aliphatic heterocycles. The smallest absolute Gasteiger partial charge is 0.253 e. The summed E-state index contributed by atoms with van der Waals surface area (Å²) in [5, 5.41) is 14.8. The number of H-pyrrole nitrogens is 1. The van der Waals surface area contributed by atoms with Crippen molar-refractivity contribution in [1.29, 1.82) is 0 Å². The number of nitrogens with zero attached hydrogens (tertiary/aromatic N) is 6. The molecule has 1 fully saturated rings. The number of halogens is 1. The SMILES string of the molecule is CCC(C)(C)n1nnnc1[C@H](c1cc2cc(C)cc(C)c2[nH]c1=O)N1CCN(Cc2ccccc2Cl)CC1. The third kappa shape index (κ3) is 5.13. The summed E-state index contributed by atoms with van der Waals surface area (Å²) in [4.78, 5) is 21.6. The Labute approximate surface area is 228 Å². The van der Waals surface area contributed by atoms with Crippen molar-refractivity contribution < 1.29 is 0 Å². The van der Waals surface area contributed by atoms with Crippen molar-refractivity contribution in [3.8, 4) is 0 Å². The van der Waals surface area contributed by atoms with Gasteiger partial charge in [0.15, 0.2) is 5.82 Å². The van der Waals surface area contributed by atoms with E-state index < -0.39 is 0 Å². The number of aryl methyl sites for hydroxylation is 2. The molecule has 8 nitrogen and oxygen atoms in total. The highest BCUT2D eigenvalue weighted by atomic mass is 35.5. The summed E-state index contributed by atoms with van der Waals surface area (Å²) in [6, 6.07) is 13.9. The first-order chi connectivity index (χ1) is 18.2. The summed E-state index contributed by atoms with van der Waals surface area (Å²) in [7, 11) is 0. The van der Waals surface area contributed by atoms with E-state index in [4.69, 9.17) is 11.6 Å². The maximum Gasteiger partial charge on any atom is 0.253 e. The molecule has 3 heterocycles. The third-order valence-electron chi connectivity index (χ3n) is 7.92. The summed E-state index contributed by atoms with van der Waals surface area (Å²) in [5.74, 6) is 0.700. The van der Waals surface area contributed by atoms with E-state index in [0.29, 0.717) is 11.4 Å². The van der Waals surface area contributed by atoms with Crippen molar-refractivity contribution in [3.63, 3.8) is 0 Å². The van der Waals surface area contributed by atoms with Gasteiger partial charge in [-0.25, -0.2) is 4.68 Å². The van der Waals surface area contributed by atoms with Gasteiger partial charge in [0, 0.05) is 43.3 Å². The number of hydrogen-bond acceptors (Lipinski definition) is 6. The van der Waals surface area contributed by atoms with Gasteiger partial charge in [0.05, 0.1) is 11.1 Å². The number of pyridine rings is 1. The molecule has 1 saturated heterocycles. The lowest BCUT2D eigenvalue weighted by molar-refractivity contribution is 0.0969. The van der Waals surface area contributed by atoms with E-state index >= 15 is 0 Å². The van der Waals surface area contributed by atoms with E-state index in [-0.39, 0.29) is 17.1 Å². The molecular formula is C29H36ClN7O. The Morgan fingerprint density at radius 3 is 2.53 bits per heavy atom. The molecule has 0 unspecified atom stereocenters. The second-order valence-corrected chi connectivity index (χ2v) is 11.4. The van der Waals surface area contributed by atoms with E-state index in [1.165, 1.54) is 0 Å².